The molecule has 0 spiro atoms. The van der Waals surface area contributed by atoms with E-state index in [9.17, 15) is 14.7 Å². The molecule has 3 aromatic carbocycles. The summed E-state index contributed by atoms with van der Waals surface area (Å²) in [6.07, 6.45) is 1.68. The number of carbonyl (C=O) groups is 2. The lowest BCUT2D eigenvalue weighted by molar-refractivity contribution is -0.136. The quantitative estimate of drug-likeness (QED) is 0.318. The minimum atomic E-state index is -0.892. The Bertz CT molecular complexity index is 1510. The van der Waals surface area contributed by atoms with Crippen molar-refractivity contribution in [2.45, 2.75) is 39.2 Å². The molecule has 0 unspecified atom stereocenters. The maximum absolute atomic E-state index is 13.4. The molecule has 0 aliphatic carbocycles. The van der Waals surface area contributed by atoms with Crippen molar-refractivity contribution < 1.29 is 19.4 Å². The van der Waals surface area contributed by atoms with E-state index in [-0.39, 0.29) is 12.3 Å². The van der Waals surface area contributed by atoms with Gasteiger partial charge in [0.25, 0.3) is 0 Å². The topological polar surface area (TPSA) is 82.6 Å². The van der Waals surface area contributed by atoms with Crippen molar-refractivity contribution in [2.75, 3.05) is 13.7 Å². The molecule has 6 nitrogen and oxygen atoms in total. The summed E-state index contributed by atoms with van der Waals surface area (Å²) in [5.41, 5.74) is 7.79. The van der Waals surface area contributed by atoms with Gasteiger partial charge >= 0.3 is 5.97 Å². The minimum absolute atomic E-state index is 0.0787. The Morgan fingerprint density at radius 2 is 1.89 bits per heavy atom. The lowest BCUT2D eigenvalue weighted by Crippen LogP contribution is -2.36. The monoisotopic (exact) mass is 516 g/mol. The normalized spacial score (nSPS) is 13.0. The average molecular weight is 517 g/mol. The summed E-state index contributed by atoms with van der Waals surface area (Å²) in [7, 11) is 1.60. The van der Waals surface area contributed by atoms with E-state index in [1.54, 1.807) is 19.2 Å². The number of hydrogen-bond donors (Lipinski definition) is 2. The molecule has 2 N–H and O–H groups in total. The number of para-hydroxylation sites is 1. The lowest BCUT2D eigenvalue weighted by Gasteiger charge is -2.31. The Kier molecular flexibility index (Phi) is 6.94. The molecule has 1 aromatic heterocycles. The second-order valence-corrected chi connectivity index (χ2v) is 9.90. The van der Waals surface area contributed by atoms with Gasteiger partial charge in [-0.05, 0) is 71.8 Å². The van der Waals surface area contributed by atoms with Crippen LogP contribution < -0.4 is 4.74 Å². The van der Waals surface area contributed by atoms with Gasteiger partial charge in [0, 0.05) is 46.7 Å². The molecule has 0 fully saturated rings. The first-order valence-electron chi connectivity index (χ1n) is 12.4. The number of carbonyl (C=O) groups excluding carboxylic acids is 1. The van der Waals surface area contributed by atoms with Crippen molar-refractivity contribution in [1.82, 2.24) is 9.88 Å². The first-order valence-corrected chi connectivity index (χ1v) is 12.8. The summed E-state index contributed by atoms with van der Waals surface area (Å²) in [6.45, 7) is 3.11. The number of H-pyrrole nitrogens is 1. The van der Waals surface area contributed by atoms with Crippen LogP contribution in [0.15, 0.2) is 54.6 Å². The van der Waals surface area contributed by atoms with E-state index in [1.165, 1.54) is 10.9 Å². The Morgan fingerprint density at radius 3 is 2.68 bits per heavy atom. The maximum atomic E-state index is 13.4. The molecule has 0 atom stereocenters. The first kappa shape index (κ1) is 24.9. The SMILES string of the molecule is COc1ccc(CC(=O)O)cc1-c1ccc(Cl)c2c1CN(C(=O)CCc1c(C)[nH]c3ccccc13)CC2. The number of rotatable bonds is 7. The van der Waals surface area contributed by atoms with E-state index < -0.39 is 5.97 Å². The molecule has 1 aliphatic heterocycles. The Labute approximate surface area is 220 Å². The lowest BCUT2D eigenvalue weighted by atomic mass is 9.89. The number of aromatic amines is 1. The number of ether oxygens (including phenoxy) is 1. The molecule has 1 amide bonds. The molecule has 0 saturated heterocycles. The highest BCUT2D eigenvalue weighted by Gasteiger charge is 2.26. The van der Waals surface area contributed by atoms with Crippen LogP contribution in [-0.2, 0) is 35.4 Å². The van der Waals surface area contributed by atoms with Gasteiger partial charge in [0.05, 0.1) is 13.5 Å². The standard InChI is InChI=1S/C30H29ClN2O4/c1-18-20(23-5-3-4-6-27(23)32-18)9-12-29(34)33-14-13-22-25(17-33)21(8-10-26(22)31)24-15-19(16-30(35)36)7-11-28(24)37-2/h3-8,10-11,15,32H,9,12-14,16-17H2,1-2H3,(H,35,36). The van der Waals surface area contributed by atoms with Gasteiger partial charge in [-0.1, -0.05) is 41.9 Å². The highest BCUT2D eigenvalue weighted by Crippen LogP contribution is 2.39. The van der Waals surface area contributed by atoms with Gasteiger partial charge in [0.15, 0.2) is 0 Å². The van der Waals surface area contributed by atoms with E-state index in [2.05, 4.69) is 24.0 Å². The number of nitrogens with one attached hydrogen (secondary N) is 1. The molecule has 7 heteroatoms. The van der Waals surface area contributed by atoms with Crippen molar-refractivity contribution in [3.8, 4) is 16.9 Å². The van der Waals surface area contributed by atoms with E-state index in [4.69, 9.17) is 16.3 Å². The van der Waals surface area contributed by atoms with Crippen LogP contribution in [0, 0.1) is 6.92 Å². The molecule has 5 rings (SSSR count). The van der Waals surface area contributed by atoms with Gasteiger partial charge in [-0.15, -0.1) is 0 Å². The van der Waals surface area contributed by atoms with Crippen LogP contribution >= 0.6 is 11.6 Å². The molecule has 0 radical (unpaired) electrons. The molecule has 190 valence electrons. The third-order valence-electron chi connectivity index (χ3n) is 7.23. The zero-order valence-electron chi connectivity index (χ0n) is 20.9. The summed E-state index contributed by atoms with van der Waals surface area (Å²) < 4.78 is 5.62. The van der Waals surface area contributed by atoms with Crippen LogP contribution in [0.5, 0.6) is 5.75 Å². The van der Waals surface area contributed by atoms with Crippen molar-refractivity contribution in [3.63, 3.8) is 0 Å². The molecule has 0 bridgehead atoms. The summed E-state index contributed by atoms with van der Waals surface area (Å²) in [6, 6.07) is 17.4. The Hall–Kier alpha value is -3.77. The van der Waals surface area contributed by atoms with Crippen LogP contribution in [0.1, 0.15) is 34.4 Å². The molecular formula is C30H29ClN2O4. The third kappa shape index (κ3) is 4.94. The van der Waals surface area contributed by atoms with Crippen molar-refractivity contribution >= 4 is 34.4 Å². The number of aromatic nitrogens is 1. The molecule has 37 heavy (non-hydrogen) atoms. The number of methoxy groups -OCH3 is 1. The van der Waals surface area contributed by atoms with E-state index in [0.717, 1.165) is 33.5 Å². The highest BCUT2D eigenvalue weighted by atomic mass is 35.5. The number of aliphatic carboxylic acids is 1. The average Bonchev–Trinajstić information content (AvgIpc) is 3.21. The second-order valence-electron chi connectivity index (χ2n) is 9.50. The summed E-state index contributed by atoms with van der Waals surface area (Å²) in [5, 5.41) is 11.1. The van der Waals surface area contributed by atoms with Crippen LogP contribution in [-0.4, -0.2) is 40.5 Å². The van der Waals surface area contributed by atoms with Gasteiger partial charge in [-0.25, -0.2) is 0 Å². The predicted molar refractivity (Wildman–Crippen MR) is 145 cm³/mol. The fraction of sp³-hybridized carbons (Fsp3) is 0.267. The van der Waals surface area contributed by atoms with Crippen LogP contribution in [0.4, 0.5) is 0 Å². The number of aryl methyl sites for hydroxylation is 2. The number of halogens is 1. The van der Waals surface area contributed by atoms with Gasteiger partial charge in [-0.2, -0.15) is 0 Å². The number of nitrogens with zero attached hydrogens (tertiary/aromatic N) is 1. The molecule has 1 aliphatic rings. The van der Waals surface area contributed by atoms with Crippen LogP contribution in [0.2, 0.25) is 5.02 Å². The molecule has 4 aromatic rings. The zero-order valence-corrected chi connectivity index (χ0v) is 21.7. The molecule has 0 saturated carbocycles. The fourth-order valence-corrected chi connectivity index (χ4v) is 5.67. The summed E-state index contributed by atoms with van der Waals surface area (Å²) in [5.74, 6) is -0.138. The van der Waals surface area contributed by atoms with Crippen molar-refractivity contribution in [1.29, 1.82) is 0 Å². The summed E-state index contributed by atoms with van der Waals surface area (Å²) >= 11 is 6.59. The predicted octanol–water partition coefficient (Wildman–Crippen LogP) is 5.95. The largest absolute Gasteiger partial charge is 0.496 e. The van der Waals surface area contributed by atoms with Crippen LogP contribution in [0.25, 0.3) is 22.0 Å². The Morgan fingerprint density at radius 1 is 1.08 bits per heavy atom. The summed E-state index contributed by atoms with van der Waals surface area (Å²) in [4.78, 5) is 30.0. The number of carboxylic acid groups (broad SMARTS) is 1. The minimum Gasteiger partial charge on any atom is -0.496 e. The van der Waals surface area contributed by atoms with Crippen molar-refractivity contribution in [3.05, 3.63) is 87.6 Å². The maximum Gasteiger partial charge on any atom is 0.307 e. The number of hydrogen-bond acceptors (Lipinski definition) is 3. The Balaban J connectivity index is 1.42. The van der Waals surface area contributed by atoms with E-state index in [0.29, 0.717) is 48.7 Å². The number of carboxylic acids is 1. The zero-order chi connectivity index (χ0) is 26.1. The fourth-order valence-electron chi connectivity index (χ4n) is 5.39. The number of fused-ring (bicyclic) bond motifs is 2. The van der Waals surface area contributed by atoms with Crippen molar-refractivity contribution in [2.24, 2.45) is 0 Å². The number of benzene rings is 3. The van der Waals surface area contributed by atoms with E-state index >= 15 is 0 Å². The van der Waals surface area contributed by atoms with Gasteiger partial charge in [-0.3, -0.25) is 9.59 Å². The van der Waals surface area contributed by atoms with Gasteiger partial charge in [0.1, 0.15) is 5.75 Å². The third-order valence-corrected chi connectivity index (χ3v) is 7.59. The highest BCUT2D eigenvalue weighted by molar-refractivity contribution is 6.31. The van der Waals surface area contributed by atoms with Crippen LogP contribution in [0.3, 0.4) is 0 Å². The van der Waals surface area contributed by atoms with Gasteiger partial charge < -0.3 is 19.7 Å². The smallest absolute Gasteiger partial charge is 0.307 e. The second kappa shape index (κ2) is 10.3. The molecule has 2 heterocycles. The van der Waals surface area contributed by atoms with E-state index in [1.807, 2.05) is 35.2 Å². The van der Waals surface area contributed by atoms with Gasteiger partial charge in [0.2, 0.25) is 5.91 Å². The number of amides is 1. The molecular weight excluding hydrogens is 488 g/mol. The first-order chi connectivity index (χ1) is 17.9.